The molecule has 0 radical (unpaired) electrons. The Hall–Kier alpha value is -1.72. The number of carbonyl (C=O) groups is 1. The number of aromatic nitrogens is 1. The Balaban J connectivity index is 1.65. The van der Waals surface area contributed by atoms with Crippen molar-refractivity contribution in [3.63, 3.8) is 0 Å². The molecular weight excluding hydrogens is 318 g/mol. The number of rotatable bonds is 5. The standard InChI is InChI=1S/C19H25N3OS/c1-3-11-22-12-5-4-6-18(22)19(23)21-16-9-7-15(8-10-16)17-13-24-14(2)20-17/h7-10,13,18H,3-6,11-12H2,1-2H3,(H,21,23). The minimum absolute atomic E-state index is 0.0135. The first-order valence-electron chi connectivity index (χ1n) is 8.75. The van der Waals surface area contributed by atoms with E-state index in [0.717, 1.165) is 54.3 Å². The summed E-state index contributed by atoms with van der Waals surface area (Å²) in [6.45, 7) is 6.21. The number of piperidine rings is 1. The van der Waals surface area contributed by atoms with Gasteiger partial charge in [-0.3, -0.25) is 9.69 Å². The lowest BCUT2D eigenvalue weighted by atomic mass is 10.0. The third-order valence-corrected chi connectivity index (χ3v) is 5.27. The average Bonchev–Trinajstić information content (AvgIpc) is 3.03. The Morgan fingerprint density at radius 3 is 2.79 bits per heavy atom. The molecule has 3 rings (SSSR count). The zero-order valence-corrected chi connectivity index (χ0v) is 15.2. The summed E-state index contributed by atoms with van der Waals surface area (Å²) >= 11 is 1.65. The van der Waals surface area contributed by atoms with Crippen molar-refractivity contribution in [2.45, 2.75) is 45.6 Å². The molecule has 128 valence electrons. The van der Waals surface area contributed by atoms with Gasteiger partial charge in [0.25, 0.3) is 0 Å². The molecule has 1 saturated heterocycles. The zero-order valence-electron chi connectivity index (χ0n) is 14.4. The lowest BCUT2D eigenvalue weighted by molar-refractivity contribution is -0.122. The molecule has 0 spiro atoms. The molecule has 1 aliphatic rings. The van der Waals surface area contributed by atoms with Crippen molar-refractivity contribution >= 4 is 22.9 Å². The van der Waals surface area contributed by atoms with E-state index in [0.29, 0.717) is 0 Å². The summed E-state index contributed by atoms with van der Waals surface area (Å²) < 4.78 is 0. The summed E-state index contributed by atoms with van der Waals surface area (Å²) in [6, 6.07) is 7.99. The van der Waals surface area contributed by atoms with E-state index in [4.69, 9.17) is 0 Å². The molecular formula is C19H25N3OS. The second-order valence-corrected chi connectivity index (χ2v) is 7.43. The van der Waals surface area contributed by atoms with Gasteiger partial charge in [-0.15, -0.1) is 11.3 Å². The number of benzene rings is 1. The Bertz CT molecular complexity index is 678. The van der Waals surface area contributed by atoms with E-state index < -0.39 is 0 Å². The van der Waals surface area contributed by atoms with Gasteiger partial charge in [-0.05, 0) is 51.4 Å². The maximum atomic E-state index is 12.6. The summed E-state index contributed by atoms with van der Waals surface area (Å²) in [5.74, 6) is 0.125. The first-order chi connectivity index (χ1) is 11.7. The third-order valence-electron chi connectivity index (χ3n) is 4.49. The highest BCUT2D eigenvalue weighted by atomic mass is 32.1. The van der Waals surface area contributed by atoms with Crippen LogP contribution in [0.4, 0.5) is 5.69 Å². The Kier molecular flexibility index (Phi) is 5.63. The number of carbonyl (C=O) groups excluding carboxylic acids is 1. The highest BCUT2D eigenvalue weighted by molar-refractivity contribution is 7.09. The number of aryl methyl sites for hydroxylation is 1. The van der Waals surface area contributed by atoms with Crippen LogP contribution in [0.2, 0.25) is 0 Å². The summed E-state index contributed by atoms with van der Waals surface area (Å²) in [4.78, 5) is 19.5. The highest BCUT2D eigenvalue weighted by Crippen LogP contribution is 2.24. The van der Waals surface area contributed by atoms with Crippen molar-refractivity contribution in [3.05, 3.63) is 34.7 Å². The zero-order chi connectivity index (χ0) is 16.9. The van der Waals surface area contributed by atoms with Gasteiger partial charge < -0.3 is 5.32 Å². The van der Waals surface area contributed by atoms with Crippen LogP contribution in [0.5, 0.6) is 0 Å². The summed E-state index contributed by atoms with van der Waals surface area (Å²) in [5.41, 5.74) is 2.94. The number of hydrogen-bond donors (Lipinski definition) is 1. The van der Waals surface area contributed by atoms with Crippen LogP contribution < -0.4 is 5.32 Å². The smallest absolute Gasteiger partial charge is 0.241 e. The molecule has 1 fully saturated rings. The topological polar surface area (TPSA) is 45.2 Å². The second kappa shape index (κ2) is 7.90. The summed E-state index contributed by atoms with van der Waals surface area (Å²) in [5, 5.41) is 6.21. The molecule has 24 heavy (non-hydrogen) atoms. The SMILES string of the molecule is CCCN1CCCCC1C(=O)Nc1ccc(-c2csc(C)n2)cc1. The molecule has 1 amide bonds. The van der Waals surface area contributed by atoms with Gasteiger partial charge in [0.1, 0.15) is 0 Å². The normalized spacial score (nSPS) is 18.5. The molecule has 5 heteroatoms. The third kappa shape index (κ3) is 4.02. The van der Waals surface area contributed by atoms with Crippen LogP contribution in [-0.2, 0) is 4.79 Å². The van der Waals surface area contributed by atoms with E-state index in [1.165, 1.54) is 6.42 Å². The van der Waals surface area contributed by atoms with Crippen LogP contribution in [0, 0.1) is 6.92 Å². The highest BCUT2D eigenvalue weighted by Gasteiger charge is 2.27. The van der Waals surface area contributed by atoms with Crippen molar-refractivity contribution in [1.82, 2.24) is 9.88 Å². The number of nitrogens with one attached hydrogen (secondary N) is 1. The van der Waals surface area contributed by atoms with Crippen LogP contribution in [0.25, 0.3) is 11.3 Å². The van der Waals surface area contributed by atoms with Gasteiger partial charge in [-0.25, -0.2) is 4.98 Å². The lowest BCUT2D eigenvalue weighted by Crippen LogP contribution is -2.47. The van der Waals surface area contributed by atoms with E-state index in [1.54, 1.807) is 11.3 Å². The number of hydrogen-bond acceptors (Lipinski definition) is 4. The summed E-state index contributed by atoms with van der Waals surface area (Å²) in [6.07, 6.45) is 4.39. The molecule has 1 aromatic carbocycles. The van der Waals surface area contributed by atoms with Gasteiger partial charge in [-0.1, -0.05) is 25.5 Å². The maximum absolute atomic E-state index is 12.6. The number of amides is 1. The van der Waals surface area contributed by atoms with Crippen molar-refractivity contribution in [1.29, 1.82) is 0 Å². The van der Waals surface area contributed by atoms with Crippen LogP contribution >= 0.6 is 11.3 Å². The molecule has 0 bridgehead atoms. The maximum Gasteiger partial charge on any atom is 0.241 e. The minimum Gasteiger partial charge on any atom is -0.325 e. The van der Waals surface area contributed by atoms with Gasteiger partial charge >= 0.3 is 0 Å². The lowest BCUT2D eigenvalue weighted by Gasteiger charge is -2.34. The fraction of sp³-hybridized carbons (Fsp3) is 0.474. The molecule has 0 aliphatic carbocycles. The Morgan fingerprint density at radius 1 is 1.33 bits per heavy atom. The van der Waals surface area contributed by atoms with Crippen molar-refractivity contribution < 1.29 is 4.79 Å². The number of nitrogens with zero attached hydrogens (tertiary/aromatic N) is 2. The van der Waals surface area contributed by atoms with E-state index in [9.17, 15) is 4.79 Å². The molecule has 2 aromatic rings. The van der Waals surface area contributed by atoms with Crippen molar-refractivity contribution in [2.75, 3.05) is 18.4 Å². The molecule has 4 nitrogen and oxygen atoms in total. The molecule has 1 aliphatic heterocycles. The van der Waals surface area contributed by atoms with Crippen LogP contribution in [0.15, 0.2) is 29.6 Å². The largest absolute Gasteiger partial charge is 0.325 e. The van der Waals surface area contributed by atoms with Crippen molar-refractivity contribution in [2.24, 2.45) is 0 Å². The fourth-order valence-electron chi connectivity index (χ4n) is 3.29. The molecule has 1 aromatic heterocycles. The molecule has 1 unspecified atom stereocenters. The molecule has 2 heterocycles. The monoisotopic (exact) mass is 343 g/mol. The van der Waals surface area contributed by atoms with E-state index >= 15 is 0 Å². The first-order valence-corrected chi connectivity index (χ1v) is 9.63. The first kappa shape index (κ1) is 17.1. The second-order valence-electron chi connectivity index (χ2n) is 6.37. The Morgan fingerprint density at radius 2 is 2.12 bits per heavy atom. The van der Waals surface area contributed by atoms with Crippen LogP contribution in [0.3, 0.4) is 0 Å². The molecule has 1 N–H and O–H groups in total. The Labute approximate surface area is 147 Å². The van der Waals surface area contributed by atoms with Gasteiger partial charge in [0, 0.05) is 16.6 Å². The van der Waals surface area contributed by atoms with Gasteiger partial charge in [0.2, 0.25) is 5.91 Å². The number of thiazole rings is 1. The van der Waals surface area contributed by atoms with Crippen LogP contribution in [0.1, 0.15) is 37.6 Å². The van der Waals surface area contributed by atoms with E-state index in [-0.39, 0.29) is 11.9 Å². The average molecular weight is 343 g/mol. The van der Waals surface area contributed by atoms with E-state index in [1.807, 2.05) is 31.2 Å². The van der Waals surface area contributed by atoms with Crippen molar-refractivity contribution in [3.8, 4) is 11.3 Å². The minimum atomic E-state index is 0.0135. The predicted molar refractivity (Wildman–Crippen MR) is 100 cm³/mol. The fourth-order valence-corrected chi connectivity index (χ4v) is 3.91. The molecule has 1 atom stereocenters. The number of likely N-dealkylation sites (tertiary alicyclic amines) is 1. The van der Waals surface area contributed by atoms with E-state index in [2.05, 4.69) is 27.5 Å². The quantitative estimate of drug-likeness (QED) is 0.879. The van der Waals surface area contributed by atoms with Gasteiger partial charge in [0.05, 0.1) is 16.7 Å². The van der Waals surface area contributed by atoms with Gasteiger partial charge in [0.15, 0.2) is 0 Å². The number of anilines is 1. The predicted octanol–water partition coefficient (Wildman–Crippen LogP) is 4.32. The van der Waals surface area contributed by atoms with Gasteiger partial charge in [-0.2, -0.15) is 0 Å². The molecule has 0 saturated carbocycles. The van der Waals surface area contributed by atoms with Crippen LogP contribution in [-0.4, -0.2) is 34.9 Å². The summed E-state index contributed by atoms with van der Waals surface area (Å²) in [7, 11) is 0.